The van der Waals surface area contributed by atoms with Crippen molar-refractivity contribution in [3.63, 3.8) is 0 Å². The lowest BCUT2D eigenvalue weighted by atomic mass is 10.0. The van der Waals surface area contributed by atoms with Gasteiger partial charge in [-0.2, -0.15) is 0 Å². The van der Waals surface area contributed by atoms with Crippen molar-refractivity contribution in [2.75, 3.05) is 13.2 Å². The molecule has 0 amide bonds. The first-order chi connectivity index (χ1) is 20.6. The molecular weight excluding hydrogens is 652 g/mol. The Bertz CT molecular complexity index is 913. The zero-order chi connectivity index (χ0) is 30.3. The Morgan fingerprint density at radius 3 is 1.12 bits per heavy atom. The van der Waals surface area contributed by atoms with Gasteiger partial charge < -0.3 is 9.47 Å². The minimum Gasteiger partial charge on any atom is -0.492 e. The van der Waals surface area contributed by atoms with Crippen LogP contribution >= 0.6 is 31.9 Å². The largest absolute Gasteiger partial charge is 0.492 e. The fourth-order valence-corrected chi connectivity index (χ4v) is 6.21. The fraction of sp³-hybridized carbons (Fsp3) is 0.649. The summed E-state index contributed by atoms with van der Waals surface area (Å²) in [5.74, 6) is 1.57. The molecule has 42 heavy (non-hydrogen) atoms. The number of ether oxygens (including phenoxy) is 2. The van der Waals surface area contributed by atoms with Gasteiger partial charge in [0.05, 0.1) is 22.2 Å². The summed E-state index contributed by atoms with van der Waals surface area (Å²) < 4.78 is 13.6. The van der Waals surface area contributed by atoms with Gasteiger partial charge in [0.15, 0.2) is 5.78 Å². The molecule has 0 spiro atoms. The van der Waals surface area contributed by atoms with E-state index in [2.05, 4.69) is 45.7 Å². The number of carbonyl (C=O) groups excluding carboxylic acids is 1. The average molecular weight is 709 g/mol. The molecule has 0 aliphatic rings. The van der Waals surface area contributed by atoms with Crippen molar-refractivity contribution in [2.24, 2.45) is 0 Å². The van der Waals surface area contributed by atoms with Crippen LogP contribution in [0.5, 0.6) is 11.5 Å². The molecule has 0 heterocycles. The first-order valence-corrected chi connectivity index (χ1v) is 18.5. The van der Waals surface area contributed by atoms with Crippen LogP contribution < -0.4 is 9.47 Å². The van der Waals surface area contributed by atoms with E-state index in [-0.39, 0.29) is 5.78 Å². The number of unbranched alkanes of at least 4 members (excludes halogenated alkanes) is 18. The van der Waals surface area contributed by atoms with E-state index < -0.39 is 0 Å². The van der Waals surface area contributed by atoms with Gasteiger partial charge in [-0.1, -0.05) is 129 Å². The summed E-state index contributed by atoms with van der Waals surface area (Å²) in [4.78, 5) is 13.2. The van der Waals surface area contributed by atoms with Crippen LogP contribution in [-0.2, 0) is 0 Å². The van der Waals surface area contributed by atoms with E-state index in [1.807, 2.05) is 36.4 Å². The Balaban J connectivity index is 1.65. The molecule has 2 aromatic rings. The van der Waals surface area contributed by atoms with Crippen LogP contribution in [0.3, 0.4) is 0 Å². The van der Waals surface area contributed by atoms with Gasteiger partial charge in [-0.25, -0.2) is 0 Å². The molecule has 0 atom stereocenters. The smallest absolute Gasteiger partial charge is 0.193 e. The van der Waals surface area contributed by atoms with Gasteiger partial charge in [-0.3, -0.25) is 4.79 Å². The Labute approximate surface area is 274 Å². The standard InChI is InChI=1S/C37H56Br2O3/c1-3-5-7-9-11-13-15-17-19-21-27-41-35-25-23-31(29-33(35)38)37(40)32-24-26-36(34(39)30-32)42-28-22-20-18-16-14-12-10-8-6-4-2/h23-26,29-30H,3-22,27-28H2,1-2H3. The van der Waals surface area contributed by atoms with Crippen molar-refractivity contribution in [3.8, 4) is 11.5 Å². The Morgan fingerprint density at radius 2 is 0.810 bits per heavy atom. The Morgan fingerprint density at radius 1 is 0.500 bits per heavy atom. The summed E-state index contributed by atoms with van der Waals surface area (Å²) in [7, 11) is 0. The number of benzene rings is 2. The van der Waals surface area contributed by atoms with Crippen molar-refractivity contribution in [3.05, 3.63) is 56.5 Å². The molecule has 0 saturated heterocycles. The van der Waals surface area contributed by atoms with Crippen LogP contribution in [0.4, 0.5) is 0 Å². The lowest BCUT2D eigenvalue weighted by molar-refractivity contribution is 0.103. The monoisotopic (exact) mass is 706 g/mol. The fourth-order valence-electron chi connectivity index (χ4n) is 5.23. The minimum absolute atomic E-state index is 0.0149. The van der Waals surface area contributed by atoms with Crippen molar-refractivity contribution in [2.45, 2.75) is 142 Å². The first-order valence-electron chi connectivity index (χ1n) is 17.0. The van der Waals surface area contributed by atoms with Gasteiger partial charge in [0.1, 0.15) is 11.5 Å². The van der Waals surface area contributed by atoms with Crippen LogP contribution in [-0.4, -0.2) is 19.0 Å². The molecule has 236 valence electrons. The summed E-state index contributed by atoms with van der Waals surface area (Å²) in [5.41, 5.74) is 1.28. The molecule has 0 radical (unpaired) electrons. The summed E-state index contributed by atoms with van der Waals surface area (Å²) in [6, 6.07) is 11.2. The van der Waals surface area contributed by atoms with Crippen LogP contribution in [0.1, 0.15) is 158 Å². The van der Waals surface area contributed by atoms with E-state index in [0.29, 0.717) is 24.3 Å². The van der Waals surface area contributed by atoms with E-state index >= 15 is 0 Å². The molecule has 0 fully saturated rings. The van der Waals surface area contributed by atoms with Crippen molar-refractivity contribution < 1.29 is 14.3 Å². The number of ketones is 1. The molecule has 0 N–H and O–H groups in total. The highest BCUT2D eigenvalue weighted by Crippen LogP contribution is 2.30. The molecule has 2 rings (SSSR count). The topological polar surface area (TPSA) is 35.5 Å². The molecule has 0 bridgehead atoms. The predicted octanol–water partition coefficient (Wildman–Crippen LogP) is 13.0. The first kappa shape index (κ1) is 36.9. The maximum absolute atomic E-state index is 13.2. The maximum atomic E-state index is 13.2. The Hall–Kier alpha value is -1.33. The van der Waals surface area contributed by atoms with Crippen molar-refractivity contribution >= 4 is 37.6 Å². The predicted molar refractivity (Wildman–Crippen MR) is 186 cm³/mol. The molecular formula is C37H56Br2O3. The summed E-state index contributed by atoms with van der Waals surface area (Å²) in [6.45, 7) is 5.94. The van der Waals surface area contributed by atoms with Crippen molar-refractivity contribution in [1.29, 1.82) is 0 Å². The second kappa shape index (κ2) is 24.0. The molecule has 0 unspecified atom stereocenters. The lowest BCUT2D eigenvalue weighted by Crippen LogP contribution is -2.04. The van der Waals surface area contributed by atoms with Crippen LogP contribution in [0.2, 0.25) is 0 Å². The van der Waals surface area contributed by atoms with E-state index in [0.717, 1.165) is 33.3 Å². The van der Waals surface area contributed by atoms with Gasteiger partial charge in [0, 0.05) is 11.1 Å². The summed E-state index contributed by atoms with van der Waals surface area (Å²) >= 11 is 7.21. The quantitative estimate of drug-likeness (QED) is 0.0721. The molecule has 0 aromatic heterocycles. The van der Waals surface area contributed by atoms with E-state index in [1.54, 1.807) is 0 Å². The summed E-state index contributed by atoms with van der Waals surface area (Å²) in [6.07, 6.45) is 26.2. The van der Waals surface area contributed by atoms with Crippen LogP contribution in [0, 0.1) is 0 Å². The summed E-state index contributed by atoms with van der Waals surface area (Å²) in [5, 5.41) is 0. The zero-order valence-corrected chi connectivity index (χ0v) is 29.7. The molecule has 2 aromatic carbocycles. The molecule has 0 saturated carbocycles. The maximum Gasteiger partial charge on any atom is 0.193 e. The molecule has 0 aliphatic heterocycles. The normalized spacial score (nSPS) is 11.1. The average Bonchev–Trinajstić information content (AvgIpc) is 2.99. The highest BCUT2D eigenvalue weighted by Gasteiger charge is 2.14. The van der Waals surface area contributed by atoms with Crippen molar-refractivity contribution in [1.82, 2.24) is 0 Å². The number of halogens is 2. The lowest BCUT2D eigenvalue weighted by Gasteiger charge is -2.11. The van der Waals surface area contributed by atoms with Crippen LogP contribution in [0.15, 0.2) is 45.3 Å². The third kappa shape index (κ3) is 15.9. The number of hydrogen-bond acceptors (Lipinski definition) is 3. The number of hydrogen-bond donors (Lipinski definition) is 0. The van der Waals surface area contributed by atoms with Gasteiger partial charge in [-0.05, 0) is 81.1 Å². The molecule has 0 aliphatic carbocycles. The third-order valence-electron chi connectivity index (χ3n) is 7.90. The zero-order valence-electron chi connectivity index (χ0n) is 26.5. The highest BCUT2D eigenvalue weighted by molar-refractivity contribution is 9.10. The van der Waals surface area contributed by atoms with E-state index in [4.69, 9.17) is 9.47 Å². The minimum atomic E-state index is -0.0149. The molecule has 3 nitrogen and oxygen atoms in total. The van der Waals surface area contributed by atoms with Gasteiger partial charge in [-0.15, -0.1) is 0 Å². The van der Waals surface area contributed by atoms with Gasteiger partial charge in [0.2, 0.25) is 0 Å². The highest BCUT2D eigenvalue weighted by atomic mass is 79.9. The number of rotatable bonds is 26. The molecule has 5 heteroatoms. The van der Waals surface area contributed by atoms with E-state index in [9.17, 15) is 4.79 Å². The van der Waals surface area contributed by atoms with Crippen LogP contribution in [0.25, 0.3) is 0 Å². The van der Waals surface area contributed by atoms with Gasteiger partial charge >= 0.3 is 0 Å². The Kier molecular flexibility index (Phi) is 21.1. The van der Waals surface area contributed by atoms with E-state index in [1.165, 1.54) is 116 Å². The van der Waals surface area contributed by atoms with Gasteiger partial charge in [0.25, 0.3) is 0 Å². The SMILES string of the molecule is CCCCCCCCCCCCOc1ccc(C(=O)c2ccc(OCCCCCCCCCCCC)c(Br)c2)cc1Br. The number of carbonyl (C=O) groups is 1. The third-order valence-corrected chi connectivity index (χ3v) is 9.14. The second-order valence-electron chi connectivity index (χ2n) is 11.7. The second-order valence-corrected chi connectivity index (χ2v) is 13.4.